The van der Waals surface area contributed by atoms with Crippen molar-refractivity contribution >= 4 is 12.2 Å². The highest BCUT2D eigenvalue weighted by Gasteiger charge is 1.97. The fourth-order valence-electron chi connectivity index (χ4n) is 1.69. The van der Waals surface area contributed by atoms with Gasteiger partial charge in [-0.3, -0.25) is 0 Å². The number of hydrogen-bond acceptors (Lipinski definition) is 3. The largest absolute Gasteiger partial charge is 0.508 e. The van der Waals surface area contributed by atoms with Gasteiger partial charge in [-0.25, -0.2) is 0 Å². The zero-order valence-electron chi connectivity index (χ0n) is 9.96. The lowest BCUT2D eigenvalue weighted by Gasteiger charge is -2.01. The highest BCUT2D eigenvalue weighted by molar-refractivity contribution is 5.71. The summed E-state index contributed by atoms with van der Waals surface area (Å²) in [5, 5.41) is 28.1. The van der Waals surface area contributed by atoms with Gasteiger partial charge >= 0.3 is 0 Å². The maximum absolute atomic E-state index is 9.41. The van der Waals surface area contributed by atoms with E-state index in [9.17, 15) is 15.3 Å². The highest BCUT2D eigenvalue weighted by Crippen LogP contribution is 2.23. The average molecular weight is 242 g/mol. The van der Waals surface area contributed by atoms with Crippen LogP contribution in [0.1, 0.15) is 16.7 Å². The van der Waals surface area contributed by atoms with Gasteiger partial charge in [-0.15, -0.1) is 0 Å². The quantitative estimate of drug-likeness (QED) is 0.708. The summed E-state index contributed by atoms with van der Waals surface area (Å²) in [4.78, 5) is 0. The molecule has 0 bridgehead atoms. The first-order valence-corrected chi connectivity index (χ1v) is 5.55. The Kier molecular flexibility index (Phi) is 3.24. The summed E-state index contributed by atoms with van der Waals surface area (Å²) in [6.45, 7) is 1.83. The second-order valence-electron chi connectivity index (χ2n) is 4.16. The van der Waals surface area contributed by atoms with Crippen molar-refractivity contribution in [3.63, 3.8) is 0 Å². The predicted octanol–water partition coefficient (Wildman–Crippen LogP) is 3.28. The minimum absolute atomic E-state index is 0.0246. The van der Waals surface area contributed by atoms with Gasteiger partial charge in [-0.2, -0.15) is 0 Å². The Bertz CT molecular complexity index is 580. The van der Waals surface area contributed by atoms with E-state index in [0.29, 0.717) is 5.56 Å². The molecule has 2 rings (SSSR count). The molecule has 3 heteroatoms. The molecule has 0 aliphatic rings. The number of aromatic hydroxyl groups is 3. The van der Waals surface area contributed by atoms with Crippen molar-refractivity contribution in [2.45, 2.75) is 6.92 Å². The second-order valence-corrected chi connectivity index (χ2v) is 4.16. The van der Waals surface area contributed by atoms with Crippen LogP contribution in [0.5, 0.6) is 17.2 Å². The van der Waals surface area contributed by atoms with Crippen LogP contribution in [0.3, 0.4) is 0 Å². The van der Waals surface area contributed by atoms with E-state index in [2.05, 4.69) is 0 Å². The summed E-state index contributed by atoms with van der Waals surface area (Å²) in [6.07, 6.45) is 3.63. The molecule has 0 aliphatic heterocycles. The van der Waals surface area contributed by atoms with Crippen LogP contribution in [0.25, 0.3) is 12.2 Å². The van der Waals surface area contributed by atoms with Gasteiger partial charge in [-0.1, -0.05) is 18.2 Å². The number of rotatable bonds is 2. The first-order chi connectivity index (χ1) is 8.54. The zero-order chi connectivity index (χ0) is 13.1. The standard InChI is InChI=1S/C15H14O3/c1-10-6-11(4-5-15(10)18)2-3-12-7-13(16)9-14(17)8-12/h2-9,16-18H,1H3/b3-2+. The third kappa shape index (κ3) is 2.83. The predicted molar refractivity (Wildman–Crippen MR) is 71.5 cm³/mol. The van der Waals surface area contributed by atoms with E-state index in [1.165, 1.54) is 6.07 Å². The molecule has 0 aromatic heterocycles. The third-order valence-electron chi connectivity index (χ3n) is 2.61. The van der Waals surface area contributed by atoms with E-state index in [1.54, 1.807) is 30.3 Å². The van der Waals surface area contributed by atoms with Crippen LogP contribution in [-0.2, 0) is 0 Å². The molecule has 0 amide bonds. The van der Waals surface area contributed by atoms with E-state index < -0.39 is 0 Å². The minimum Gasteiger partial charge on any atom is -0.508 e. The molecule has 0 fully saturated rings. The number of aryl methyl sites for hydroxylation is 1. The van der Waals surface area contributed by atoms with Gasteiger partial charge in [-0.05, 0) is 47.9 Å². The SMILES string of the molecule is Cc1cc(/C=C/c2cc(O)cc(O)c2)ccc1O. The molecule has 0 spiro atoms. The van der Waals surface area contributed by atoms with Crippen LogP contribution in [0.4, 0.5) is 0 Å². The molecule has 3 N–H and O–H groups in total. The van der Waals surface area contributed by atoms with Crippen molar-refractivity contribution in [3.8, 4) is 17.2 Å². The van der Waals surface area contributed by atoms with Crippen molar-refractivity contribution in [2.24, 2.45) is 0 Å². The third-order valence-corrected chi connectivity index (χ3v) is 2.61. The Morgan fingerprint density at radius 3 is 2.00 bits per heavy atom. The number of phenolic OH excluding ortho intramolecular Hbond substituents is 3. The summed E-state index contributed by atoms with van der Waals surface area (Å²) in [5.74, 6) is 0.315. The number of hydrogen-bond donors (Lipinski definition) is 3. The molecule has 18 heavy (non-hydrogen) atoms. The fraction of sp³-hybridized carbons (Fsp3) is 0.0667. The van der Waals surface area contributed by atoms with Gasteiger partial charge in [0.2, 0.25) is 0 Å². The fourth-order valence-corrected chi connectivity index (χ4v) is 1.69. The van der Waals surface area contributed by atoms with Gasteiger partial charge in [0.1, 0.15) is 17.2 Å². The lowest BCUT2D eigenvalue weighted by Crippen LogP contribution is -1.78. The summed E-state index contributed by atoms with van der Waals surface area (Å²) in [5.41, 5.74) is 2.45. The van der Waals surface area contributed by atoms with E-state index in [4.69, 9.17) is 0 Å². The van der Waals surface area contributed by atoms with E-state index in [-0.39, 0.29) is 17.2 Å². The van der Waals surface area contributed by atoms with E-state index >= 15 is 0 Å². The molecule has 0 heterocycles. The van der Waals surface area contributed by atoms with Gasteiger partial charge < -0.3 is 15.3 Å². The number of phenols is 3. The smallest absolute Gasteiger partial charge is 0.119 e. The first-order valence-electron chi connectivity index (χ1n) is 5.55. The molecule has 3 nitrogen and oxygen atoms in total. The lowest BCUT2D eigenvalue weighted by atomic mass is 10.1. The summed E-state index contributed by atoms with van der Waals surface area (Å²) in [6, 6.07) is 9.68. The summed E-state index contributed by atoms with van der Waals surface area (Å²) in [7, 11) is 0. The molecule has 92 valence electrons. The summed E-state index contributed by atoms with van der Waals surface area (Å²) >= 11 is 0. The van der Waals surface area contributed by atoms with Crippen LogP contribution < -0.4 is 0 Å². The van der Waals surface area contributed by atoms with Crippen LogP contribution in [0, 0.1) is 6.92 Å². The molecule has 2 aromatic rings. The van der Waals surface area contributed by atoms with Crippen molar-refractivity contribution in [3.05, 3.63) is 53.1 Å². The highest BCUT2D eigenvalue weighted by atomic mass is 16.3. The normalized spacial score (nSPS) is 10.9. The first kappa shape index (κ1) is 12.0. The molecular formula is C15H14O3. The van der Waals surface area contributed by atoms with Crippen LogP contribution in [0.2, 0.25) is 0 Å². The van der Waals surface area contributed by atoms with Crippen molar-refractivity contribution in [1.29, 1.82) is 0 Å². The van der Waals surface area contributed by atoms with Crippen molar-refractivity contribution in [1.82, 2.24) is 0 Å². The molecule has 2 aromatic carbocycles. The Morgan fingerprint density at radius 1 is 0.778 bits per heavy atom. The van der Waals surface area contributed by atoms with Gasteiger partial charge in [0.25, 0.3) is 0 Å². The number of benzene rings is 2. The second kappa shape index (κ2) is 4.84. The molecular weight excluding hydrogens is 228 g/mol. The summed E-state index contributed by atoms with van der Waals surface area (Å²) < 4.78 is 0. The lowest BCUT2D eigenvalue weighted by molar-refractivity contribution is 0.450. The molecule has 0 aliphatic carbocycles. The van der Waals surface area contributed by atoms with Crippen LogP contribution >= 0.6 is 0 Å². The van der Waals surface area contributed by atoms with E-state index in [0.717, 1.165) is 11.1 Å². The minimum atomic E-state index is 0.0246. The molecule has 0 radical (unpaired) electrons. The average Bonchev–Trinajstić information content (AvgIpc) is 2.29. The topological polar surface area (TPSA) is 60.7 Å². The molecule has 0 atom stereocenters. The van der Waals surface area contributed by atoms with Crippen LogP contribution in [-0.4, -0.2) is 15.3 Å². The Labute approximate surface area is 105 Å². The molecule has 0 saturated carbocycles. The monoisotopic (exact) mass is 242 g/mol. The van der Waals surface area contributed by atoms with Crippen molar-refractivity contribution < 1.29 is 15.3 Å². The van der Waals surface area contributed by atoms with Gasteiger partial charge in [0.05, 0.1) is 0 Å². The molecule has 0 saturated heterocycles. The van der Waals surface area contributed by atoms with E-state index in [1.807, 2.05) is 19.1 Å². The Morgan fingerprint density at radius 2 is 1.39 bits per heavy atom. The Balaban J connectivity index is 2.27. The molecule has 0 unspecified atom stereocenters. The maximum atomic E-state index is 9.41. The van der Waals surface area contributed by atoms with Crippen LogP contribution in [0.15, 0.2) is 36.4 Å². The van der Waals surface area contributed by atoms with Crippen molar-refractivity contribution in [2.75, 3.05) is 0 Å². The Hall–Kier alpha value is -2.42. The zero-order valence-corrected chi connectivity index (χ0v) is 9.96. The van der Waals surface area contributed by atoms with Gasteiger partial charge in [0.15, 0.2) is 0 Å². The maximum Gasteiger partial charge on any atom is 0.119 e. The van der Waals surface area contributed by atoms with Gasteiger partial charge in [0, 0.05) is 6.07 Å².